The minimum absolute atomic E-state index is 0. The fourth-order valence-corrected chi connectivity index (χ4v) is 3.40. The highest BCUT2D eigenvalue weighted by Gasteiger charge is 2.06. The highest BCUT2D eigenvalue weighted by Crippen LogP contribution is 2.12. The third-order valence-corrected chi connectivity index (χ3v) is 5.42. The van der Waals surface area contributed by atoms with E-state index in [1.54, 1.807) is 18.4 Å². The van der Waals surface area contributed by atoms with E-state index in [1.807, 2.05) is 36.9 Å². The Hall–Kier alpha value is -2.21. The van der Waals surface area contributed by atoms with E-state index in [4.69, 9.17) is 4.74 Å². The molecule has 8 nitrogen and oxygen atoms in total. The zero-order valence-electron chi connectivity index (χ0n) is 17.7. The summed E-state index contributed by atoms with van der Waals surface area (Å²) in [5.74, 6) is 3.29. The van der Waals surface area contributed by atoms with Crippen LogP contribution in [0, 0.1) is 13.8 Å². The average Bonchev–Trinajstić information content (AvgIpc) is 3.29. The van der Waals surface area contributed by atoms with E-state index < -0.39 is 0 Å². The van der Waals surface area contributed by atoms with E-state index in [0.29, 0.717) is 13.1 Å². The molecule has 3 aromatic rings. The molecule has 0 aliphatic carbocycles. The number of methoxy groups -OCH3 is 1. The van der Waals surface area contributed by atoms with Crippen LogP contribution in [-0.4, -0.2) is 39.4 Å². The van der Waals surface area contributed by atoms with Crippen molar-refractivity contribution in [2.45, 2.75) is 33.4 Å². The van der Waals surface area contributed by atoms with Gasteiger partial charge in [-0.15, -0.1) is 45.5 Å². The van der Waals surface area contributed by atoms with Gasteiger partial charge in [0.25, 0.3) is 0 Å². The van der Waals surface area contributed by atoms with Gasteiger partial charge in [-0.05, 0) is 38.0 Å². The highest BCUT2D eigenvalue weighted by atomic mass is 127. The Morgan fingerprint density at radius 1 is 1.17 bits per heavy atom. The Morgan fingerprint density at radius 2 is 1.93 bits per heavy atom. The number of aryl methyl sites for hydroxylation is 2. The molecule has 162 valence electrons. The lowest BCUT2D eigenvalue weighted by molar-refractivity contribution is 0.414. The first-order chi connectivity index (χ1) is 14.0. The summed E-state index contributed by atoms with van der Waals surface area (Å²) in [6.45, 7) is 5.82. The number of aliphatic imine (C=N–C) groups is 1. The first kappa shape index (κ1) is 24.1. The molecule has 30 heavy (non-hydrogen) atoms. The maximum absolute atomic E-state index is 5.21. The van der Waals surface area contributed by atoms with Crippen LogP contribution < -0.4 is 15.4 Å². The predicted octanol–water partition coefficient (Wildman–Crippen LogP) is 2.99. The van der Waals surface area contributed by atoms with E-state index >= 15 is 0 Å². The molecule has 0 bridgehead atoms. The molecule has 0 saturated heterocycles. The second kappa shape index (κ2) is 11.8. The van der Waals surface area contributed by atoms with E-state index in [1.165, 1.54) is 10.4 Å². The minimum Gasteiger partial charge on any atom is -0.497 e. The summed E-state index contributed by atoms with van der Waals surface area (Å²) in [4.78, 5) is 10.3. The van der Waals surface area contributed by atoms with Crippen LogP contribution in [0.2, 0.25) is 0 Å². The number of nitrogens with one attached hydrogen (secondary N) is 2. The highest BCUT2D eigenvalue weighted by molar-refractivity contribution is 14.0. The van der Waals surface area contributed by atoms with E-state index in [2.05, 4.69) is 49.9 Å². The number of rotatable bonds is 8. The van der Waals surface area contributed by atoms with Gasteiger partial charge in [-0.25, -0.2) is 9.98 Å². The molecule has 0 atom stereocenters. The Bertz CT molecular complexity index is 952. The molecule has 2 aromatic heterocycles. The summed E-state index contributed by atoms with van der Waals surface area (Å²) in [6, 6.07) is 8.10. The van der Waals surface area contributed by atoms with Crippen molar-refractivity contribution in [2.24, 2.45) is 12.0 Å². The van der Waals surface area contributed by atoms with Crippen LogP contribution in [0.15, 0.2) is 35.5 Å². The topological polar surface area (TPSA) is 89.2 Å². The molecule has 0 aliphatic rings. The monoisotopic (exact) mass is 541 g/mol. The molecule has 0 aliphatic heterocycles. The van der Waals surface area contributed by atoms with Crippen molar-refractivity contribution in [3.63, 3.8) is 0 Å². The van der Waals surface area contributed by atoms with Crippen molar-refractivity contribution in [2.75, 3.05) is 13.7 Å². The van der Waals surface area contributed by atoms with Gasteiger partial charge in [-0.2, -0.15) is 0 Å². The molecule has 2 N–H and O–H groups in total. The van der Waals surface area contributed by atoms with Crippen molar-refractivity contribution >= 4 is 41.3 Å². The average molecular weight is 541 g/mol. The summed E-state index contributed by atoms with van der Waals surface area (Å²) in [5, 5.41) is 16.1. The van der Waals surface area contributed by atoms with Gasteiger partial charge in [0.15, 0.2) is 11.8 Å². The zero-order chi connectivity index (χ0) is 20.6. The third-order valence-electron chi connectivity index (χ3n) is 4.50. The Morgan fingerprint density at radius 3 is 2.53 bits per heavy atom. The number of ether oxygens (including phenoxy) is 1. The van der Waals surface area contributed by atoms with Crippen molar-refractivity contribution in [1.29, 1.82) is 0 Å². The molecule has 3 rings (SSSR count). The van der Waals surface area contributed by atoms with Crippen LogP contribution in [0.25, 0.3) is 0 Å². The van der Waals surface area contributed by atoms with Crippen molar-refractivity contribution < 1.29 is 4.74 Å². The van der Waals surface area contributed by atoms with Gasteiger partial charge in [0.05, 0.1) is 13.7 Å². The van der Waals surface area contributed by atoms with E-state index in [9.17, 15) is 0 Å². The largest absolute Gasteiger partial charge is 0.497 e. The third kappa shape index (κ3) is 6.94. The van der Waals surface area contributed by atoms with Gasteiger partial charge >= 0.3 is 0 Å². The van der Waals surface area contributed by atoms with Crippen LogP contribution in [0.1, 0.15) is 27.1 Å². The molecule has 0 spiro atoms. The van der Waals surface area contributed by atoms with Crippen molar-refractivity contribution in [3.05, 3.63) is 57.6 Å². The molecule has 0 saturated carbocycles. The first-order valence-corrected chi connectivity index (χ1v) is 10.3. The van der Waals surface area contributed by atoms with Crippen LogP contribution in [0.4, 0.5) is 0 Å². The van der Waals surface area contributed by atoms with Crippen LogP contribution >= 0.6 is 35.3 Å². The van der Waals surface area contributed by atoms with Crippen molar-refractivity contribution in [3.8, 4) is 5.75 Å². The van der Waals surface area contributed by atoms with Gasteiger partial charge in [0.2, 0.25) is 0 Å². The Balaban J connectivity index is 0.00000320. The van der Waals surface area contributed by atoms with Gasteiger partial charge in [-0.3, -0.25) is 0 Å². The smallest absolute Gasteiger partial charge is 0.192 e. The van der Waals surface area contributed by atoms with Gasteiger partial charge in [-0.1, -0.05) is 12.1 Å². The number of guanidine groups is 1. The summed E-state index contributed by atoms with van der Waals surface area (Å²) < 4.78 is 7.16. The predicted molar refractivity (Wildman–Crippen MR) is 131 cm³/mol. The van der Waals surface area contributed by atoms with Gasteiger partial charge in [0.1, 0.15) is 23.1 Å². The van der Waals surface area contributed by atoms with Crippen molar-refractivity contribution in [1.82, 2.24) is 30.4 Å². The van der Waals surface area contributed by atoms with Gasteiger partial charge in [0, 0.05) is 24.7 Å². The summed E-state index contributed by atoms with van der Waals surface area (Å²) in [5.41, 5.74) is 1.23. The maximum atomic E-state index is 5.21. The molecule has 0 radical (unpaired) electrons. The second-order valence-corrected chi connectivity index (χ2v) is 7.95. The fourth-order valence-electron chi connectivity index (χ4n) is 2.67. The fraction of sp³-hybridized carbons (Fsp3) is 0.400. The summed E-state index contributed by atoms with van der Waals surface area (Å²) >= 11 is 1.68. The number of thiazole rings is 1. The summed E-state index contributed by atoms with van der Waals surface area (Å²) in [7, 11) is 3.62. The zero-order valence-corrected chi connectivity index (χ0v) is 20.8. The molecule has 0 unspecified atom stereocenters. The summed E-state index contributed by atoms with van der Waals surface area (Å²) in [6.07, 6.45) is 2.77. The Kier molecular flexibility index (Phi) is 9.50. The molecule has 2 heterocycles. The van der Waals surface area contributed by atoms with Crippen LogP contribution in [0.5, 0.6) is 5.75 Å². The van der Waals surface area contributed by atoms with E-state index in [0.717, 1.165) is 41.3 Å². The number of nitrogens with zero attached hydrogens (tertiary/aromatic N) is 5. The minimum atomic E-state index is 0. The van der Waals surface area contributed by atoms with E-state index in [-0.39, 0.29) is 24.0 Å². The van der Waals surface area contributed by atoms with Gasteiger partial charge < -0.3 is 19.9 Å². The molecule has 10 heteroatoms. The standard InChI is InChI=1S/C20H27N7OS.HI/c1-14-11-22-19(29-14)13-24-20(23-12-18-26-25-15(2)27(18)3)21-10-9-16-5-7-17(28-4)8-6-16;/h5-8,11H,9-10,12-13H2,1-4H3,(H2,21,23,24);1H. The number of hydrogen-bond acceptors (Lipinski definition) is 6. The molecule has 1 aromatic carbocycles. The Labute approximate surface area is 198 Å². The molecular formula is C20H28IN7OS. The lowest BCUT2D eigenvalue weighted by Gasteiger charge is -2.12. The number of halogens is 1. The molecular weight excluding hydrogens is 513 g/mol. The second-order valence-electron chi connectivity index (χ2n) is 6.63. The number of benzene rings is 1. The quantitative estimate of drug-likeness (QED) is 0.259. The molecule has 0 amide bonds. The number of hydrogen-bond donors (Lipinski definition) is 2. The maximum Gasteiger partial charge on any atom is 0.192 e. The number of aromatic nitrogens is 4. The van der Waals surface area contributed by atoms with Crippen LogP contribution in [0.3, 0.4) is 0 Å². The first-order valence-electron chi connectivity index (χ1n) is 9.46. The normalized spacial score (nSPS) is 11.1. The molecule has 0 fully saturated rings. The SMILES string of the molecule is COc1ccc(CCNC(=NCc2nnc(C)n2C)NCc2ncc(C)s2)cc1.I. The van der Waals surface area contributed by atoms with Crippen LogP contribution in [-0.2, 0) is 26.6 Å². The lowest BCUT2D eigenvalue weighted by Crippen LogP contribution is -2.38. The lowest BCUT2D eigenvalue weighted by atomic mass is 10.1.